The van der Waals surface area contributed by atoms with Gasteiger partial charge in [-0.25, -0.2) is 4.79 Å². The molecule has 0 rings (SSSR count). The van der Waals surface area contributed by atoms with Crippen molar-refractivity contribution in [1.82, 2.24) is 0 Å². The molecule has 0 bridgehead atoms. The second-order valence-electron chi connectivity index (χ2n) is 0.743. The molecule has 0 heterocycles. The third kappa shape index (κ3) is 2.36. The van der Waals surface area contributed by atoms with Crippen molar-refractivity contribution in [2.75, 3.05) is 0 Å². The molecule has 5 heteroatoms. The van der Waals surface area contributed by atoms with Gasteiger partial charge in [0, 0.05) is 0 Å². The van der Waals surface area contributed by atoms with Crippen LogP contribution in [0.1, 0.15) is 0 Å². The van der Waals surface area contributed by atoms with Gasteiger partial charge in [-0.15, -0.1) is 0 Å². The number of carboxylic acids is 1. The third-order valence-corrected chi connectivity index (χ3v) is 0.526. The molecule has 1 N–H and O–H groups in total. The fourth-order valence-corrected chi connectivity index (χ4v) is 0.0381. The van der Waals surface area contributed by atoms with Crippen molar-refractivity contribution in [3.63, 3.8) is 0 Å². The molecule has 0 aromatic heterocycles. The Balaban J connectivity index is 3.34. The maximum atomic E-state index is 10.6. The monoisotopic (exact) mass is 128 g/mol. The van der Waals surface area contributed by atoms with Crippen molar-refractivity contribution in [3.8, 4) is 0 Å². The van der Waals surface area contributed by atoms with E-state index in [2.05, 4.69) is 16.5 Å². The van der Waals surface area contributed by atoms with Crippen LogP contribution in [0.25, 0.3) is 0 Å². The molecule has 0 aromatic rings. The molecule has 1 unspecified atom stereocenters. The Morgan fingerprint density at radius 1 is 2.00 bits per heavy atom. The Morgan fingerprint density at radius 2 is 2.43 bits per heavy atom. The Morgan fingerprint density at radius 3 is 2.43 bits per heavy atom. The van der Waals surface area contributed by atoms with Crippen molar-refractivity contribution in [1.29, 1.82) is 0 Å². The average molecular weight is 128 g/mol. The van der Waals surface area contributed by atoms with Crippen LogP contribution < -0.4 is 0 Å². The zero-order valence-corrected chi connectivity index (χ0v) is 3.85. The molecule has 0 fully saturated rings. The van der Waals surface area contributed by atoms with Crippen LogP contribution in [-0.4, -0.2) is 16.6 Å². The van der Waals surface area contributed by atoms with E-state index < -0.39 is 11.5 Å². The van der Waals surface area contributed by atoms with Crippen molar-refractivity contribution < 1.29 is 19.4 Å². The highest BCUT2D eigenvalue weighted by atomic mass is 35.5. The van der Waals surface area contributed by atoms with Gasteiger partial charge in [0.25, 0.3) is 5.56 Å². The van der Waals surface area contributed by atoms with Gasteiger partial charge in [0.1, 0.15) is 0 Å². The van der Waals surface area contributed by atoms with Crippen molar-refractivity contribution in [2.45, 2.75) is 5.56 Å². The van der Waals surface area contributed by atoms with Gasteiger partial charge in [0.05, 0.1) is 0 Å². The Kier molecular flexibility index (Phi) is 2.62. The van der Waals surface area contributed by atoms with Crippen LogP contribution >= 0.6 is 11.6 Å². The lowest BCUT2D eigenvalue weighted by atomic mass is 10.8. The Labute approximate surface area is 43.5 Å². The molecule has 0 spiro atoms. The van der Waals surface area contributed by atoms with Crippen LogP contribution in [0, 0.1) is 0 Å². The SMILES string of the molecule is O=C(O)C(Cl)OF. The lowest BCUT2D eigenvalue weighted by Gasteiger charge is -1.90. The summed E-state index contributed by atoms with van der Waals surface area (Å²) in [5.41, 5.74) is -1.88. The molecule has 0 saturated heterocycles. The largest absolute Gasteiger partial charge is 0.478 e. The summed E-state index contributed by atoms with van der Waals surface area (Å²) in [7, 11) is 0. The van der Waals surface area contributed by atoms with Crippen LogP contribution in [0.5, 0.6) is 0 Å². The first-order valence-electron chi connectivity index (χ1n) is 1.32. The van der Waals surface area contributed by atoms with Crippen molar-refractivity contribution in [2.24, 2.45) is 0 Å². The number of hydrogen-bond acceptors (Lipinski definition) is 2. The summed E-state index contributed by atoms with van der Waals surface area (Å²) in [4.78, 5) is 12.1. The van der Waals surface area contributed by atoms with Gasteiger partial charge in [-0.05, 0) is 4.53 Å². The maximum Gasteiger partial charge on any atom is 0.352 e. The van der Waals surface area contributed by atoms with Gasteiger partial charge in [-0.2, -0.15) is 4.94 Å². The second-order valence-corrected chi connectivity index (χ2v) is 1.14. The lowest BCUT2D eigenvalue weighted by molar-refractivity contribution is -0.180. The summed E-state index contributed by atoms with van der Waals surface area (Å²) < 4.78 is 10.6. The lowest BCUT2D eigenvalue weighted by Crippen LogP contribution is -2.12. The molecule has 0 aliphatic heterocycles. The highest BCUT2D eigenvalue weighted by Crippen LogP contribution is 1.96. The van der Waals surface area contributed by atoms with Crippen molar-refractivity contribution in [3.05, 3.63) is 0 Å². The number of rotatable bonds is 2. The summed E-state index contributed by atoms with van der Waals surface area (Å²) in [5.74, 6) is -1.54. The normalized spacial score (nSPS) is 13.4. The first-order valence-corrected chi connectivity index (χ1v) is 1.76. The molecule has 3 nitrogen and oxygen atoms in total. The molecular weight excluding hydrogens is 126 g/mol. The Bertz CT molecular complexity index is 75.3. The third-order valence-electron chi connectivity index (χ3n) is 0.272. The maximum absolute atomic E-state index is 10.6. The molecule has 0 saturated carbocycles. The summed E-state index contributed by atoms with van der Waals surface area (Å²) in [6, 6.07) is 0. The van der Waals surface area contributed by atoms with E-state index in [-0.39, 0.29) is 0 Å². The van der Waals surface area contributed by atoms with Gasteiger partial charge in [0.15, 0.2) is 0 Å². The number of hydrogen-bond donors (Lipinski definition) is 1. The minimum absolute atomic E-state index is 1.54. The van der Waals surface area contributed by atoms with Gasteiger partial charge < -0.3 is 5.11 Å². The van der Waals surface area contributed by atoms with Crippen LogP contribution in [0.15, 0.2) is 0 Å². The molecule has 42 valence electrons. The molecule has 0 aliphatic carbocycles. The van der Waals surface area contributed by atoms with E-state index in [1.165, 1.54) is 0 Å². The highest BCUT2D eigenvalue weighted by molar-refractivity contribution is 6.28. The fourth-order valence-electron chi connectivity index (χ4n) is 0.0381. The van der Waals surface area contributed by atoms with Gasteiger partial charge in [0.2, 0.25) is 0 Å². The van der Waals surface area contributed by atoms with Crippen LogP contribution in [0.2, 0.25) is 0 Å². The number of carbonyl (C=O) groups is 1. The van der Waals surface area contributed by atoms with E-state index in [0.717, 1.165) is 0 Å². The molecule has 0 aromatic carbocycles. The number of alkyl halides is 1. The van der Waals surface area contributed by atoms with Gasteiger partial charge in [-0.1, -0.05) is 11.6 Å². The molecule has 0 radical (unpaired) electrons. The first-order chi connectivity index (χ1) is 3.18. The van der Waals surface area contributed by atoms with E-state index in [4.69, 9.17) is 5.11 Å². The second kappa shape index (κ2) is 2.76. The molecule has 1 atom stereocenters. The van der Waals surface area contributed by atoms with E-state index in [9.17, 15) is 9.32 Å². The summed E-state index contributed by atoms with van der Waals surface area (Å²) >= 11 is 4.60. The summed E-state index contributed by atoms with van der Waals surface area (Å²) in [6.45, 7) is 0. The van der Waals surface area contributed by atoms with Crippen LogP contribution in [0.3, 0.4) is 0 Å². The van der Waals surface area contributed by atoms with E-state index >= 15 is 0 Å². The smallest absolute Gasteiger partial charge is 0.352 e. The number of halogens is 2. The molecule has 0 amide bonds. The molecule has 7 heavy (non-hydrogen) atoms. The van der Waals surface area contributed by atoms with Crippen LogP contribution in [0.4, 0.5) is 4.53 Å². The zero-order chi connectivity index (χ0) is 5.86. The van der Waals surface area contributed by atoms with Crippen LogP contribution in [-0.2, 0) is 9.74 Å². The summed E-state index contributed by atoms with van der Waals surface area (Å²) in [6.07, 6.45) is 0. The van der Waals surface area contributed by atoms with Gasteiger partial charge in [-0.3, -0.25) is 0 Å². The highest BCUT2D eigenvalue weighted by Gasteiger charge is 2.12. The quantitative estimate of drug-likeness (QED) is 0.552. The topological polar surface area (TPSA) is 46.5 Å². The van der Waals surface area contributed by atoms with E-state index in [0.29, 0.717) is 0 Å². The minimum atomic E-state index is -1.88. The van der Waals surface area contributed by atoms with E-state index in [1.807, 2.05) is 0 Å². The number of carboxylic acid groups (broad SMARTS) is 1. The minimum Gasteiger partial charge on any atom is -0.478 e. The average Bonchev–Trinajstić information content (AvgIpc) is 1.65. The standard InChI is InChI=1S/C2H2ClFO3/c3-1(7-4)2(5)6/h1H,(H,5,6). The number of aliphatic carboxylic acids is 1. The Hall–Kier alpha value is -0.350. The zero-order valence-electron chi connectivity index (χ0n) is 3.10. The van der Waals surface area contributed by atoms with Crippen molar-refractivity contribution >= 4 is 17.6 Å². The van der Waals surface area contributed by atoms with Gasteiger partial charge >= 0.3 is 5.97 Å². The molecule has 0 aliphatic rings. The summed E-state index contributed by atoms with van der Waals surface area (Å²) in [5, 5.41) is 7.69. The predicted molar refractivity (Wildman–Crippen MR) is 19.5 cm³/mol. The first kappa shape index (κ1) is 6.65. The fraction of sp³-hybridized carbons (Fsp3) is 0.500. The molecular formula is C2H2ClFO3. The van der Waals surface area contributed by atoms with E-state index in [1.54, 1.807) is 0 Å². The predicted octanol–water partition coefficient (Wildman–Crippen LogP) is 0.537.